The third-order valence-electron chi connectivity index (χ3n) is 3.31. The Hall–Kier alpha value is -2.33. The molecule has 0 unspecified atom stereocenters. The van der Waals surface area contributed by atoms with E-state index in [0.717, 1.165) is 23.4 Å². The highest BCUT2D eigenvalue weighted by Gasteiger charge is 2.01. The first-order valence-electron chi connectivity index (χ1n) is 7.90. The van der Waals surface area contributed by atoms with Crippen LogP contribution in [0.4, 0.5) is 0 Å². The third-order valence-corrected chi connectivity index (χ3v) is 3.31. The molecule has 0 aliphatic rings. The Balaban J connectivity index is 1.69. The topological polar surface area (TPSA) is 47.6 Å². The maximum atomic E-state index is 11.2. The number of carbonyl (C=O) groups excluding carboxylic acids is 1. The number of rotatable bonds is 9. The Bertz CT molecular complexity index is 581. The van der Waals surface area contributed by atoms with Crippen molar-refractivity contribution < 1.29 is 14.3 Å². The van der Waals surface area contributed by atoms with E-state index in [1.165, 1.54) is 0 Å². The second-order valence-electron chi connectivity index (χ2n) is 5.15. The molecule has 0 aliphatic carbocycles. The molecule has 0 amide bonds. The fourth-order valence-corrected chi connectivity index (χ4v) is 2.10. The van der Waals surface area contributed by atoms with Crippen molar-refractivity contribution >= 4 is 5.97 Å². The summed E-state index contributed by atoms with van der Waals surface area (Å²) in [5.74, 6) is 0.689. The Morgan fingerprint density at radius 1 is 1.00 bits per heavy atom. The van der Waals surface area contributed by atoms with Gasteiger partial charge in [0.1, 0.15) is 12.4 Å². The van der Waals surface area contributed by atoms with Crippen LogP contribution in [0, 0.1) is 0 Å². The number of benzene rings is 2. The number of nitrogens with one attached hydrogen (secondary N) is 1. The van der Waals surface area contributed by atoms with Gasteiger partial charge in [-0.3, -0.25) is 4.79 Å². The minimum Gasteiger partial charge on any atom is -0.489 e. The number of carbonyl (C=O) groups is 1. The summed E-state index contributed by atoms with van der Waals surface area (Å²) >= 11 is 0. The molecule has 2 rings (SSSR count). The summed E-state index contributed by atoms with van der Waals surface area (Å²) < 4.78 is 10.6. The van der Waals surface area contributed by atoms with Gasteiger partial charge in [-0.1, -0.05) is 42.5 Å². The van der Waals surface area contributed by atoms with E-state index < -0.39 is 0 Å². The molecule has 2 aromatic rings. The highest BCUT2D eigenvalue weighted by Crippen LogP contribution is 2.14. The Labute approximate surface area is 137 Å². The highest BCUT2D eigenvalue weighted by molar-refractivity contribution is 5.69. The van der Waals surface area contributed by atoms with Crippen LogP contribution in [-0.4, -0.2) is 19.1 Å². The van der Waals surface area contributed by atoms with Crippen molar-refractivity contribution in [3.05, 3.63) is 65.7 Å². The van der Waals surface area contributed by atoms with Crippen LogP contribution < -0.4 is 10.1 Å². The monoisotopic (exact) mass is 313 g/mol. The number of ether oxygens (including phenoxy) is 2. The predicted molar refractivity (Wildman–Crippen MR) is 90.2 cm³/mol. The maximum absolute atomic E-state index is 11.2. The average Bonchev–Trinajstić information content (AvgIpc) is 2.59. The molecule has 0 aromatic heterocycles. The lowest BCUT2D eigenvalue weighted by atomic mass is 10.2. The molecule has 0 heterocycles. The summed E-state index contributed by atoms with van der Waals surface area (Å²) in [6, 6.07) is 18.1. The zero-order valence-corrected chi connectivity index (χ0v) is 13.5. The normalized spacial score (nSPS) is 10.3. The van der Waals surface area contributed by atoms with Crippen molar-refractivity contribution in [1.29, 1.82) is 0 Å². The smallest absolute Gasteiger partial charge is 0.307 e. The summed E-state index contributed by atoms with van der Waals surface area (Å²) in [5, 5.41) is 3.23. The number of hydrogen-bond acceptors (Lipinski definition) is 4. The highest BCUT2D eigenvalue weighted by atomic mass is 16.5. The molecule has 122 valence electrons. The average molecular weight is 313 g/mol. The quantitative estimate of drug-likeness (QED) is 0.570. The minimum atomic E-state index is -0.162. The summed E-state index contributed by atoms with van der Waals surface area (Å²) in [7, 11) is 0. The van der Waals surface area contributed by atoms with E-state index in [0.29, 0.717) is 26.2 Å². The van der Waals surface area contributed by atoms with E-state index in [1.807, 2.05) is 61.5 Å². The van der Waals surface area contributed by atoms with Gasteiger partial charge in [0.2, 0.25) is 0 Å². The molecule has 0 atom stereocenters. The molecule has 0 radical (unpaired) electrons. The fraction of sp³-hybridized carbons (Fsp3) is 0.316. The lowest BCUT2D eigenvalue weighted by Gasteiger charge is -2.08. The zero-order valence-electron chi connectivity index (χ0n) is 13.5. The third kappa shape index (κ3) is 6.53. The molecular formula is C19H23NO3. The Kier molecular flexibility index (Phi) is 7.14. The van der Waals surface area contributed by atoms with Gasteiger partial charge in [0.25, 0.3) is 0 Å². The largest absolute Gasteiger partial charge is 0.489 e. The van der Waals surface area contributed by atoms with Gasteiger partial charge in [0.05, 0.1) is 13.0 Å². The van der Waals surface area contributed by atoms with E-state index >= 15 is 0 Å². The molecule has 23 heavy (non-hydrogen) atoms. The van der Waals surface area contributed by atoms with Gasteiger partial charge >= 0.3 is 5.97 Å². The fourth-order valence-electron chi connectivity index (χ4n) is 2.10. The number of hydrogen-bond donors (Lipinski definition) is 1. The van der Waals surface area contributed by atoms with Crippen LogP contribution in [-0.2, 0) is 22.7 Å². The maximum Gasteiger partial charge on any atom is 0.307 e. The molecule has 4 heteroatoms. The molecular weight excluding hydrogens is 290 g/mol. The van der Waals surface area contributed by atoms with Crippen molar-refractivity contribution in [3.63, 3.8) is 0 Å². The van der Waals surface area contributed by atoms with E-state index in [9.17, 15) is 4.79 Å². The first-order chi connectivity index (χ1) is 11.3. The van der Waals surface area contributed by atoms with Crippen LogP contribution in [0.25, 0.3) is 0 Å². The first kappa shape index (κ1) is 17.0. The van der Waals surface area contributed by atoms with E-state index in [-0.39, 0.29) is 5.97 Å². The van der Waals surface area contributed by atoms with Crippen LogP contribution >= 0.6 is 0 Å². The molecule has 0 spiro atoms. The van der Waals surface area contributed by atoms with Gasteiger partial charge in [-0.25, -0.2) is 0 Å². The zero-order chi connectivity index (χ0) is 16.3. The van der Waals surface area contributed by atoms with Gasteiger partial charge in [-0.05, 0) is 30.2 Å². The van der Waals surface area contributed by atoms with Gasteiger partial charge < -0.3 is 14.8 Å². The van der Waals surface area contributed by atoms with Crippen LogP contribution in [0.1, 0.15) is 24.5 Å². The van der Waals surface area contributed by atoms with Crippen LogP contribution in [0.2, 0.25) is 0 Å². The molecule has 2 aromatic carbocycles. The second-order valence-corrected chi connectivity index (χ2v) is 5.15. The van der Waals surface area contributed by atoms with Gasteiger partial charge in [0.15, 0.2) is 0 Å². The molecule has 1 N–H and O–H groups in total. The molecule has 0 saturated heterocycles. The molecule has 0 saturated carbocycles. The van der Waals surface area contributed by atoms with Gasteiger partial charge in [-0.2, -0.15) is 0 Å². The molecule has 4 nitrogen and oxygen atoms in total. The van der Waals surface area contributed by atoms with Crippen molar-refractivity contribution in [2.24, 2.45) is 0 Å². The SMILES string of the molecule is CCOC(=O)CCNCc1ccc(OCc2ccccc2)cc1. The number of esters is 1. The van der Waals surface area contributed by atoms with Gasteiger partial charge in [0, 0.05) is 13.1 Å². The minimum absolute atomic E-state index is 0.162. The molecule has 0 aliphatic heterocycles. The second kappa shape index (κ2) is 9.64. The van der Waals surface area contributed by atoms with E-state index in [1.54, 1.807) is 0 Å². The lowest BCUT2D eigenvalue weighted by Crippen LogP contribution is -2.18. The van der Waals surface area contributed by atoms with Crippen molar-refractivity contribution in [3.8, 4) is 5.75 Å². The Morgan fingerprint density at radius 3 is 2.43 bits per heavy atom. The van der Waals surface area contributed by atoms with Crippen molar-refractivity contribution in [1.82, 2.24) is 5.32 Å². The molecule has 0 fully saturated rings. The first-order valence-corrected chi connectivity index (χ1v) is 7.90. The van der Waals surface area contributed by atoms with Crippen LogP contribution in [0.5, 0.6) is 5.75 Å². The standard InChI is InChI=1S/C19H23NO3/c1-2-22-19(21)12-13-20-14-16-8-10-18(11-9-16)23-15-17-6-4-3-5-7-17/h3-11,20H,2,12-15H2,1H3. The summed E-state index contributed by atoms with van der Waals surface area (Å²) in [6.45, 7) is 4.15. The lowest BCUT2D eigenvalue weighted by molar-refractivity contribution is -0.142. The summed E-state index contributed by atoms with van der Waals surface area (Å²) in [4.78, 5) is 11.2. The van der Waals surface area contributed by atoms with E-state index in [4.69, 9.17) is 9.47 Å². The van der Waals surface area contributed by atoms with Gasteiger partial charge in [-0.15, -0.1) is 0 Å². The summed E-state index contributed by atoms with van der Waals surface area (Å²) in [5.41, 5.74) is 2.30. The Morgan fingerprint density at radius 2 is 1.74 bits per heavy atom. The summed E-state index contributed by atoms with van der Waals surface area (Å²) in [6.07, 6.45) is 0.395. The van der Waals surface area contributed by atoms with Crippen LogP contribution in [0.3, 0.4) is 0 Å². The predicted octanol–water partition coefficient (Wildman–Crippen LogP) is 3.31. The van der Waals surface area contributed by atoms with Crippen molar-refractivity contribution in [2.75, 3.05) is 13.2 Å². The van der Waals surface area contributed by atoms with E-state index in [2.05, 4.69) is 5.32 Å². The van der Waals surface area contributed by atoms with Crippen molar-refractivity contribution in [2.45, 2.75) is 26.5 Å². The van der Waals surface area contributed by atoms with Crippen LogP contribution in [0.15, 0.2) is 54.6 Å². The molecule has 0 bridgehead atoms.